The molecule has 4 heterocycles. The van der Waals surface area contributed by atoms with Crippen molar-refractivity contribution in [2.45, 2.75) is 166 Å². The summed E-state index contributed by atoms with van der Waals surface area (Å²) in [7, 11) is 4.49. The molecule has 16 heteroatoms. The zero-order valence-corrected chi connectivity index (χ0v) is 35.2. The molecule has 0 radical (unpaired) electrons. The van der Waals surface area contributed by atoms with Crippen LogP contribution in [0.15, 0.2) is 24.3 Å². The summed E-state index contributed by atoms with van der Waals surface area (Å²) in [5, 5.41) is 11.5. The van der Waals surface area contributed by atoms with Gasteiger partial charge in [0.1, 0.15) is 36.1 Å². The quantitative estimate of drug-likeness (QED) is 0.171. The Bertz CT molecular complexity index is 1410. The molecule has 3 fully saturated rings. The van der Waals surface area contributed by atoms with Crippen LogP contribution in [0.25, 0.3) is 0 Å². The van der Waals surface area contributed by atoms with Crippen LogP contribution >= 0.6 is 0 Å². The number of rotatable bonds is 12. The first-order chi connectivity index (χ1) is 27.0. The number of esters is 3. The van der Waals surface area contributed by atoms with Crippen molar-refractivity contribution in [3.8, 4) is 0 Å². The molecule has 0 aromatic heterocycles. The number of methoxy groups -OCH3 is 3. The average Bonchev–Trinajstić information content (AvgIpc) is 3.94. The second-order valence-corrected chi connectivity index (χ2v) is 15.8. The molecular formula is C41H64O16. The summed E-state index contributed by atoms with van der Waals surface area (Å²) in [4.78, 5) is 51.6. The van der Waals surface area contributed by atoms with Gasteiger partial charge in [-0.15, -0.1) is 0 Å². The van der Waals surface area contributed by atoms with E-state index in [1.807, 2.05) is 20.8 Å². The van der Waals surface area contributed by atoms with Gasteiger partial charge in [-0.2, -0.15) is 0 Å². The van der Waals surface area contributed by atoms with Gasteiger partial charge in [0.15, 0.2) is 30.6 Å². The van der Waals surface area contributed by atoms with Crippen LogP contribution in [0.3, 0.4) is 0 Å². The van der Waals surface area contributed by atoms with Crippen LogP contribution in [0, 0.1) is 17.8 Å². The molecule has 324 valence electrons. The minimum Gasteiger partial charge on any atom is -0.459 e. The second kappa shape index (κ2) is 20.9. The van der Waals surface area contributed by atoms with Gasteiger partial charge in [-0.25, -0.2) is 4.79 Å². The Labute approximate surface area is 336 Å². The largest absolute Gasteiger partial charge is 0.459 e. The third kappa shape index (κ3) is 12.1. The standard InChI is InChI=1S/C41H64O16/c1-12-30(43)55-34-25(7)53-39(38(49-11)37(34)48-10)50-20-26-24(6)52-32(45)17-14-21(3)33(22(4)19-41(8,46)29(42)16-15-27-35(26)54-27)57-40-36(56-31(44)13-2)28(47-9)18-23(5)51-40/h14-17,21-28,33-40,46H,12-13,18-20H2,1-11H3/b16-15+,17-14+/t21?,22?,23-,24?,25+,26?,27+,28+,33?,34+,35+,36-,37+,38+,39+,40+,41?/m0/s1. The number of hydrogen-bond acceptors (Lipinski definition) is 16. The SMILES string of the molecule is CCC(=O)O[C@@H]1[C@@H](OC2C(C)/C=C/C(=O)OC(C)C(CO[C@@H]3O[C@H](C)[C@@H](OC(=O)CC)[C@@H](OC)[C@H]3OC)[C@H]3O[C@@H]3/C=C/C(=O)C(C)(O)CC2C)O[C@@H](C)C[C@H]1OC. The lowest BCUT2D eigenvalue weighted by molar-refractivity contribution is -0.307. The fraction of sp³-hybridized carbons (Fsp3) is 0.805. The third-order valence-electron chi connectivity index (χ3n) is 11.2. The van der Waals surface area contributed by atoms with Crippen LogP contribution < -0.4 is 0 Å². The Hall–Kier alpha value is -2.80. The van der Waals surface area contributed by atoms with Crippen molar-refractivity contribution in [3.63, 3.8) is 0 Å². The zero-order valence-electron chi connectivity index (χ0n) is 35.2. The Morgan fingerprint density at radius 1 is 0.789 bits per heavy atom. The molecule has 16 nitrogen and oxygen atoms in total. The molecule has 4 aliphatic heterocycles. The van der Waals surface area contributed by atoms with Gasteiger partial charge >= 0.3 is 17.9 Å². The summed E-state index contributed by atoms with van der Waals surface area (Å²) in [6.45, 7) is 13.8. The Kier molecular flexibility index (Phi) is 17.2. The molecule has 0 amide bonds. The lowest BCUT2D eigenvalue weighted by Crippen LogP contribution is -2.60. The molecular weight excluding hydrogens is 748 g/mol. The highest BCUT2D eigenvalue weighted by molar-refractivity contribution is 5.96. The van der Waals surface area contributed by atoms with Crippen LogP contribution in [-0.2, 0) is 71.3 Å². The number of ketones is 1. The molecule has 3 saturated heterocycles. The lowest BCUT2D eigenvalue weighted by atomic mass is 9.82. The first-order valence-corrected chi connectivity index (χ1v) is 20.0. The molecule has 0 aliphatic carbocycles. The summed E-state index contributed by atoms with van der Waals surface area (Å²) in [5.74, 6) is -3.50. The molecule has 1 N–H and O–H groups in total. The Morgan fingerprint density at radius 3 is 2.05 bits per heavy atom. The number of epoxide rings is 1. The van der Waals surface area contributed by atoms with Gasteiger partial charge in [0.05, 0.1) is 31.0 Å². The van der Waals surface area contributed by atoms with E-state index in [9.17, 15) is 24.3 Å². The summed E-state index contributed by atoms with van der Waals surface area (Å²) < 4.78 is 65.6. The highest BCUT2D eigenvalue weighted by Crippen LogP contribution is 2.37. The maximum atomic E-state index is 13.5. The van der Waals surface area contributed by atoms with Gasteiger partial charge < -0.3 is 57.2 Å². The number of carbonyl (C=O) groups is 4. The van der Waals surface area contributed by atoms with E-state index in [1.165, 1.54) is 40.4 Å². The van der Waals surface area contributed by atoms with Crippen molar-refractivity contribution < 1.29 is 76.4 Å². The topological polar surface area (TPSA) is 193 Å². The minimum absolute atomic E-state index is 0.0112. The van der Waals surface area contributed by atoms with E-state index in [2.05, 4.69) is 0 Å². The predicted octanol–water partition coefficient (Wildman–Crippen LogP) is 3.38. The summed E-state index contributed by atoms with van der Waals surface area (Å²) >= 11 is 0. The van der Waals surface area contributed by atoms with Crippen molar-refractivity contribution in [1.82, 2.24) is 0 Å². The van der Waals surface area contributed by atoms with E-state index < -0.39 is 121 Å². The van der Waals surface area contributed by atoms with E-state index >= 15 is 0 Å². The molecule has 0 aromatic carbocycles. The fourth-order valence-electron chi connectivity index (χ4n) is 7.85. The minimum atomic E-state index is -1.80. The second-order valence-electron chi connectivity index (χ2n) is 15.8. The first-order valence-electron chi connectivity index (χ1n) is 20.0. The van der Waals surface area contributed by atoms with Crippen LogP contribution in [-0.4, -0.2) is 142 Å². The molecule has 0 saturated carbocycles. The summed E-state index contributed by atoms with van der Waals surface area (Å²) in [6.07, 6.45) is -2.39. The number of aliphatic hydroxyl groups is 1. The number of hydrogen-bond donors (Lipinski definition) is 1. The van der Waals surface area contributed by atoms with Crippen LogP contribution in [0.5, 0.6) is 0 Å². The maximum absolute atomic E-state index is 13.5. The smallest absolute Gasteiger partial charge is 0.330 e. The Morgan fingerprint density at radius 2 is 1.44 bits per heavy atom. The molecule has 0 aromatic rings. The molecule has 6 unspecified atom stereocenters. The maximum Gasteiger partial charge on any atom is 0.330 e. The van der Waals surface area contributed by atoms with Gasteiger partial charge in [-0.05, 0) is 52.2 Å². The lowest BCUT2D eigenvalue weighted by Gasteiger charge is -2.44. The normalized spacial score (nSPS) is 42.9. The number of cyclic esters (lactones) is 1. The summed E-state index contributed by atoms with van der Waals surface area (Å²) in [6, 6.07) is 0. The molecule has 4 rings (SSSR count). The van der Waals surface area contributed by atoms with Gasteiger partial charge in [0.2, 0.25) is 0 Å². The van der Waals surface area contributed by atoms with Crippen molar-refractivity contribution in [2.75, 3.05) is 27.9 Å². The van der Waals surface area contributed by atoms with Crippen molar-refractivity contribution in [2.24, 2.45) is 17.8 Å². The average molecular weight is 813 g/mol. The molecule has 57 heavy (non-hydrogen) atoms. The van der Waals surface area contributed by atoms with Crippen LogP contribution in [0.4, 0.5) is 0 Å². The predicted molar refractivity (Wildman–Crippen MR) is 201 cm³/mol. The highest BCUT2D eigenvalue weighted by Gasteiger charge is 2.51. The zero-order chi connectivity index (χ0) is 42.2. The highest BCUT2D eigenvalue weighted by atomic mass is 16.7. The number of carbonyl (C=O) groups excluding carboxylic acids is 4. The van der Waals surface area contributed by atoms with E-state index in [0.717, 1.165) is 0 Å². The van der Waals surface area contributed by atoms with Crippen LogP contribution in [0.2, 0.25) is 0 Å². The molecule has 0 spiro atoms. The van der Waals surface area contributed by atoms with E-state index in [1.54, 1.807) is 39.8 Å². The molecule has 0 bridgehead atoms. The summed E-state index contributed by atoms with van der Waals surface area (Å²) in [5.41, 5.74) is -1.80. The Balaban J connectivity index is 1.57. The fourth-order valence-corrected chi connectivity index (χ4v) is 7.85. The van der Waals surface area contributed by atoms with Crippen molar-refractivity contribution >= 4 is 23.7 Å². The van der Waals surface area contributed by atoms with Gasteiger partial charge in [-0.3, -0.25) is 14.4 Å². The first kappa shape index (κ1) is 46.9. The monoisotopic (exact) mass is 812 g/mol. The van der Waals surface area contributed by atoms with Crippen LogP contribution in [0.1, 0.15) is 81.1 Å². The van der Waals surface area contributed by atoms with Crippen molar-refractivity contribution in [3.05, 3.63) is 24.3 Å². The van der Waals surface area contributed by atoms with E-state index in [4.69, 9.17) is 52.1 Å². The van der Waals surface area contributed by atoms with Gasteiger partial charge in [0, 0.05) is 58.5 Å². The van der Waals surface area contributed by atoms with Gasteiger partial charge in [-0.1, -0.05) is 33.8 Å². The number of ether oxygens (including phenoxy) is 11. The van der Waals surface area contributed by atoms with Gasteiger partial charge in [0.25, 0.3) is 0 Å². The third-order valence-corrected chi connectivity index (χ3v) is 11.2. The van der Waals surface area contributed by atoms with Crippen molar-refractivity contribution in [1.29, 1.82) is 0 Å². The molecule has 17 atom stereocenters. The van der Waals surface area contributed by atoms with E-state index in [0.29, 0.717) is 6.42 Å². The van der Waals surface area contributed by atoms with E-state index in [-0.39, 0.29) is 32.0 Å². The number of fused-ring (bicyclic) bond motifs is 1. The molecule has 4 aliphatic rings.